The van der Waals surface area contributed by atoms with Crippen LogP contribution in [0.3, 0.4) is 0 Å². The van der Waals surface area contributed by atoms with Crippen LogP contribution in [-0.2, 0) is 33.4 Å². The van der Waals surface area contributed by atoms with Gasteiger partial charge in [0.05, 0.1) is 53.0 Å². The van der Waals surface area contributed by atoms with Gasteiger partial charge in [-0.25, -0.2) is 4.79 Å². The number of nitrogens with one attached hydrogen (secondary N) is 1. The highest BCUT2D eigenvalue weighted by Crippen LogP contribution is 2.55. The predicted octanol–water partition coefficient (Wildman–Crippen LogP) is 5.21. The van der Waals surface area contributed by atoms with Crippen LogP contribution in [0.25, 0.3) is 10.8 Å². The van der Waals surface area contributed by atoms with E-state index in [4.69, 9.17) is 23.8 Å². The number of anilines is 1. The number of Topliss-reactive ketones (excluding diaryl/α,β-unsaturated/α-hetero) is 1. The minimum Gasteiger partial charge on any atom is -0.507 e. The first-order valence-corrected chi connectivity index (χ1v) is 19.5. The number of aliphatic hydroxyl groups is 2. The zero-order valence-electron chi connectivity index (χ0n) is 35.5. The molecule has 0 spiro atoms. The molecule has 2 aromatic rings. The third-order valence-corrected chi connectivity index (χ3v) is 11.2. The lowest BCUT2D eigenvalue weighted by Crippen LogP contribution is -2.46. The Morgan fingerprint density at radius 2 is 1.60 bits per heavy atom. The fraction of sp³-hybridized carbons (Fsp3) is 0.512. The normalized spacial score (nSPS) is 29.5. The summed E-state index contributed by atoms with van der Waals surface area (Å²) in [7, 11) is 1.40. The Kier molecular flexibility index (Phi) is 14.7. The zero-order chi connectivity index (χ0) is 45.1. The van der Waals surface area contributed by atoms with Crippen molar-refractivity contribution in [2.45, 2.75) is 106 Å². The summed E-state index contributed by atoms with van der Waals surface area (Å²) in [5.74, 6) is -11.3. The molecule has 10 unspecified atom stereocenters. The molecule has 1 amide bonds. The second kappa shape index (κ2) is 18.7. The van der Waals surface area contributed by atoms with Gasteiger partial charge < -0.3 is 59.7 Å². The number of ether oxygens (including phenoxy) is 4. The van der Waals surface area contributed by atoms with Gasteiger partial charge in [-0.15, -0.1) is 0 Å². The number of carbonyl (C=O) groups excluding carboxylic acids is 3. The molecular weight excluding hydrogens is 784 g/mol. The molecule has 10 atom stereocenters. The molecule has 0 radical (unpaired) electrons. The molecule has 2 aromatic carbocycles. The average molecular weight is 841 g/mol. The smallest absolute Gasteiger partial charge is 0.348 e. The molecule has 17 heteroatoms. The third-order valence-electron chi connectivity index (χ3n) is 11.2. The zero-order valence-corrected chi connectivity index (χ0v) is 35.5. The monoisotopic (exact) mass is 840 g/mol. The molecule has 0 saturated carbocycles. The molecule has 17 nitrogen and oxygen atoms in total. The summed E-state index contributed by atoms with van der Waals surface area (Å²) in [6.07, 6.45) is 2.49. The Labute approximate surface area is 347 Å². The maximum absolute atomic E-state index is 14.4. The van der Waals surface area contributed by atoms with Gasteiger partial charge in [-0.05, 0) is 19.9 Å². The van der Waals surface area contributed by atoms with Crippen molar-refractivity contribution in [2.24, 2.45) is 34.7 Å². The van der Waals surface area contributed by atoms with E-state index < -0.39 is 129 Å². The summed E-state index contributed by atoms with van der Waals surface area (Å²) in [6.45, 7) is 15.3. The van der Waals surface area contributed by atoms with Crippen LogP contribution in [0.15, 0.2) is 41.3 Å². The number of amides is 1. The van der Waals surface area contributed by atoms with Crippen molar-refractivity contribution >= 4 is 46.3 Å². The number of carboxylic acids is 1. The number of nitrogens with zero attached hydrogens (tertiary/aromatic N) is 1. The molecule has 3 aliphatic rings. The lowest BCUT2D eigenvalue weighted by molar-refractivity contribution is -0.160. The minimum absolute atomic E-state index is 0.0301. The number of carboxylic acid groups (broad SMARTS) is 1. The number of hydrogen-bond donors (Lipinski definition) is 7. The number of benzene rings is 2. The number of phenolic OH excluding ortho intramolecular Hbond substituents is 3. The topological polar surface area (TPSA) is 260 Å². The number of phenols is 3. The van der Waals surface area contributed by atoms with Crippen LogP contribution in [0.4, 0.5) is 5.69 Å². The Balaban J connectivity index is 1.99. The molecule has 3 aliphatic heterocycles. The molecule has 5 bridgehead atoms. The van der Waals surface area contributed by atoms with Crippen molar-refractivity contribution in [3.63, 3.8) is 0 Å². The number of aromatic hydroxyl groups is 3. The van der Waals surface area contributed by atoms with Crippen LogP contribution in [0.5, 0.6) is 23.0 Å². The maximum Gasteiger partial charge on any atom is 0.348 e. The Hall–Kier alpha value is -5.65. The second-order valence-electron chi connectivity index (χ2n) is 16.0. The van der Waals surface area contributed by atoms with Crippen molar-refractivity contribution in [1.82, 2.24) is 0 Å². The van der Waals surface area contributed by atoms with Gasteiger partial charge in [-0.2, -0.15) is 0 Å². The van der Waals surface area contributed by atoms with E-state index in [2.05, 4.69) is 10.5 Å². The molecule has 5 rings (SSSR count). The summed E-state index contributed by atoms with van der Waals surface area (Å²) in [6, 6.07) is 0. The number of hydrogen-bond acceptors (Lipinski definition) is 15. The quantitative estimate of drug-likeness (QED) is 0.0620. The van der Waals surface area contributed by atoms with E-state index in [1.807, 2.05) is 0 Å². The molecule has 0 saturated heterocycles. The number of methoxy groups -OCH3 is 1. The second-order valence-corrected chi connectivity index (χ2v) is 16.0. The Morgan fingerprint density at radius 1 is 0.950 bits per heavy atom. The van der Waals surface area contributed by atoms with Gasteiger partial charge in [0.25, 0.3) is 11.7 Å². The highest BCUT2D eigenvalue weighted by atomic mass is 16.7. The van der Waals surface area contributed by atoms with Crippen LogP contribution in [0.1, 0.15) is 83.8 Å². The van der Waals surface area contributed by atoms with Gasteiger partial charge in [-0.3, -0.25) is 14.4 Å². The van der Waals surface area contributed by atoms with Crippen LogP contribution in [-0.4, -0.2) is 104 Å². The van der Waals surface area contributed by atoms with Crippen molar-refractivity contribution in [2.75, 3.05) is 12.4 Å². The number of oxime groups is 1. The standard InChI is InChI=1S/C43H56N2O15/c1-18(2)37(42(54)55)60-44-17-26-31-36(51)29-28(35(26)50)30-39(24(8)34(29)49)59-43(10,40(30)52)57-16-15-27(56-11)21(5)38(58-25(9)46)23(7)33(48)22(6)32(47)19(3)13-12-14-20(4)41(53)45-31/h12-19,21-23,27,32-33,37-38,47-51H,1-11H3,(H,45,53)(H,54,55)/b13-12+,16-15+,20-14?,44-17+. The first-order chi connectivity index (χ1) is 28.0. The van der Waals surface area contributed by atoms with Crippen molar-refractivity contribution in [3.05, 3.63) is 52.8 Å². The number of carbonyl (C=O) groups is 4. The summed E-state index contributed by atoms with van der Waals surface area (Å²) >= 11 is 0. The van der Waals surface area contributed by atoms with Crippen LogP contribution in [0, 0.1) is 36.5 Å². The fourth-order valence-corrected chi connectivity index (χ4v) is 7.47. The summed E-state index contributed by atoms with van der Waals surface area (Å²) in [5.41, 5.74) is -1.17. The molecule has 328 valence electrons. The number of ketones is 1. The number of aliphatic hydroxyl groups excluding tert-OH is 2. The van der Waals surface area contributed by atoms with Gasteiger partial charge in [0, 0.05) is 67.1 Å². The molecule has 0 fully saturated rings. The van der Waals surface area contributed by atoms with E-state index in [0.29, 0.717) is 0 Å². The summed E-state index contributed by atoms with van der Waals surface area (Å²) in [4.78, 5) is 57.4. The van der Waals surface area contributed by atoms with E-state index in [9.17, 15) is 49.8 Å². The predicted molar refractivity (Wildman–Crippen MR) is 219 cm³/mol. The molecular formula is C43H56N2O15. The third kappa shape index (κ3) is 9.22. The number of rotatable bonds is 7. The molecule has 3 heterocycles. The lowest BCUT2D eigenvalue weighted by atomic mass is 9.78. The van der Waals surface area contributed by atoms with Crippen LogP contribution >= 0.6 is 0 Å². The number of esters is 1. The molecule has 0 aliphatic carbocycles. The first kappa shape index (κ1) is 47.0. The van der Waals surface area contributed by atoms with E-state index in [0.717, 1.165) is 12.5 Å². The number of fused-ring (bicyclic) bond motifs is 14. The van der Waals surface area contributed by atoms with Crippen molar-refractivity contribution in [3.8, 4) is 23.0 Å². The average Bonchev–Trinajstić information content (AvgIpc) is 3.45. The Bertz CT molecular complexity index is 2120. The van der Waals surface area contributed by atoms with Gasteiger partial charge in [0.2, 0.25) is 6.10 Å². The maximum atomic E-state index is 14.4. The minimum atomic E-state index is -2.13. The number of aliphatic carboxylic acids is 1. The van der Waals surface area contributed by atoms with E-state index >= 15 is 0 Å². The number of allylic oxidation sites excluding steroid dienone is 2. The van der Waals surface area contributed by atoms with E-state index in [-0.39, 0.29) is 22.4 Å². The van der Waals surface area contributed by atoms with Gasteiger partial charge in [0.1, 0.15) is 23.4 Å². The Morgan fingerprint density at radius 3 is 2.18 bits per heavy atom. The van der Waals surface area contributed by atoms with Crippen LogP contribution < -0.4 is 10.1 Å². The van der Waals surface area contributed by atoms with Crippen molar-refractivity contribution in [1.29, 1.82) is 0 Å². The highest BCUT2D eigenvalue weighted by Gasteiger charge is 2.50. The van der Waals surface area contributed by atoms with Crippen molar-refractivity contribution < 1.29 is 73.6 Å². The van der Waals surface area contributed by atoms with Gasteiger partial charge in [0.15, 0.2) is 5.75 Å². The lowest BCUT2D eigenvalue weighted by Gasteiger charge is -2.38. The largest absolute Gasteiger partial charge is 0.507 e. The molecule has 0 aromatic heterocycles. The first-order valence-electron chi connectivity index (χ1n) is 19.5. The molecule has 7 N–H and O–H groups in total. The van der Waals surface area contributed by atoms with Gasteiger partial charge >= 0.3 is 17.7 Å². The summed E-state index contributed by atoms with van der Waals surface area (Å²) in [5, 5.41) is 73.1. The van der Waals surface area contributed by atoms with E-state index in [1.165, 1.54) is 53.0 Å². The highest BCUT2D eigenvalue weighted by molar-refractivity contribution is 6.23. The van der Waals surface area contributed by atoms with Gasteiger partial charge in [-0.1, -0.05) is 64.9 Å². The fourth-order valence-electron chi connectivity index (χ4n) is 7.47. The molecule has 60 heavy (non-hydrogen) atoms. The van der Waals surface area contributed by atoms with Crippen LogP contribution in [0.2, 0.25) is 0 Å². The summed E-state index contributed by atoms with van der Waals surface area (Å²) < 4.78 is 23.4. The SMILES string of the molecule is COC1/C=C/OC2(C)Oc3c(C)c(O)c4c(O)c(c(/C=N/OC(C(=O)O)C(C)C)c(O)c4c3C2=O)NC(=O)C(C)=C/C=C/C(C)C(O)C(C)C(O)C(C)C(OC(C)=O)C1C. The van der Waals surface area contributed by atoms with E-state index in [1.54, 1.807) is 47.6 Å².